The summed E-state index contributed by atoms with van der Waals surface area (Å²) in [6.45, 7) is 4.74. The molecule has 2 aromatic carbocycles. The van der Waals surface area contributed by atoms with Crippen molar-refractivity contribution in [3.63, 3.8) is 0 Å². The lowest BCUT2D eigenvalue weighted by Gasteiger charge is -2.11. The quantitative estimate of drug-likeness (QED) is 0.379. The van der Waals surface area contributed by atoms with E-state index in [0.29, 0.717) is 12.5 Å². The molecule has 3 rings (SSSR count). The van der Waals surface area contributed by atoms with Crippen LogP contribution in [-0.4, -0.2) is 37.5 Å². The first-order chi connectivity index (χ1) is 13.2. The van der Waals surface area contributed by atoms with E-state index in [1.165, 1.54) is 11.1 Å². The van der Waals surface area contributed by atoms with Crippen LogP contribution in [0.1, 0.15) is 24.5 Å². The van der Waals surface area contributed by atoms with E-state index in [9.17, 15) is 5.11 Å². The zero-order valence-corrected chi connectivity index (χ0v) is 15.7. The monoisotopic (exact) mass is 369 g/mol. The Balaban J connectivity index is 1.42. The molecule has 0 fully saturated rings. The zero-order chi connectivity index (χ0) is 18.9. The molecule has 144 valence electrons. The smallest absolute Gasteiger partial charge is 0.231 e. The van der Waals surface area contributed by atoms with Gasteiger partial charge in [-0.2, -0.15) is 0 Å². The molecule has 1 aliphatic rings. The number of fused-ring (bicyclic) bond motifs is 1. The molecule has 0 saturated carbocycles. The number of nitrogens with zero attached hydrogens (tertiary/aromatic N) is 1. The summed E-state index contributed by atoms with van der Waals surface area (Å²) in [7, 11) is 0. The molecule has 0 radical (unpaired) electrons. The summed E-state index contributed by atoms with van der Waals surface area (Å²) in [5, 5.41) is 16.0. The van der Waals surface area contributed by atoms with Crippen molar-refractivity contribution < 1.29 is 14.6 Å². The van der Waals surface area contributed by atoms with Crippen molar-refractivity contribution in [2.24, 2.45) is 4.99 Å². The standard InChI is InChI=1S/C21H27N3O3/c1-2-22-21(23-12-3-4-16-5-8-18(25)9-6-16)24-13-11-17-7-10-19-20(14-17)27-15-26-19/h5-10,14,25H,2-4,11-13,15H2,1H3,(H2,22,23,24). The van der Waals surface area contributed by atoms with E-state index in [2.05, 4.69) is 28.6 Å². The topological polar surface area (TPSA) is 75.1 Å². The van der Waals surface area contributed by atoms with Crippen LogP contribution in [0.25, 0.3) is 0 Å². The maximum absolute atomic E-state index is 9.32. The molecule has 1 aliphatic heterocycles. The highest BCUT2D eigenvalue weighted by molar-refractivity contribution is 5.79. The molecule has 0 aromatic heterocycles. The maximum Gasteiger partial charge on any atom is 0.231 e. The maximum atomic E-state index is 9.32. The number of hydrogen-bond acceptors (Lipinski definition) is 4. The predicted molar refractivity (Wildman–Crippen MR) is 107 cm³/mol. The minimum absolute atomic E-state index is 0.304. The molecule has 0 saturated heterocycles. The number of guanidine groups is 1. The third-order valence-corrected chi connectivity index (χ3v) is 4.32. The third kappa shape index (κ3) is 5.81. The number of ether oxygens (including phenoxy) is 2. The fourth-order valence-electron chi connectivity index (χ4n) is 2.90. The summed E-state index contributed by atoms with van der Waals surface area (Å²) < 4.78 is 10.8. The molecule has 27 heavy (non-hydrogen) atoms. The number of phenolic OH excluding ortho intramolecular Hbond substituents is 1. The summed E-state index contributed by atoms with van der Waals surface area (Å²) in [6, 6.07) is 13.4. The highest BCUT2D eigenvalue weighted by Gasteiger charge is 2.12. The van der Waals surface area contributed by atoms with Crippen LogP contribution in [-0.2, 0) is 12.8 Å². The van der Waals surface area contributed by atoms with Crippen LogP contribution in [0.15, 0.2) is 47.5 Å². The Hall–Kier alpha value is -2.89. The molecule has 0 bridgehead atoms. The Morgan fingerprint density at radius 3 is 2.59 bits per heavy atom. The normalized spacial score (nSPS) is 12.9. The molecule has 2 aromatic rings. The van der Waals surface area contributed by atoms with E-state index in [4.69, 9.17) is 9.47 Å². The first kappa shape index (κ1) is 18.9. The van der Waals surface area contributed by atoms with Gasteiger partial charge in [-0.1, -0.05) is 18.2 Å². The molecule has 0 aliphatic carbocycles. The molecular formula is C21H27N3O3. The van der Waals surface area contributed by atoms with Gasteiger partial charge in [0.1, 0.15) is 5.75 Å². The highest BCUT2D eigenvalue weighted by Crippen LogP contribution is 2.32. The van der Waals surface area contributed by atoms with E-state index in [0.717, 1.165) is 56.4 Å². The molecule has 0 amide bonds. The number of nitrogens with one attached hydrogen (secondary N) is 2. The molecule has 6 nitrogen and oxygen atoms in total. The van der Waals surface area contributed by atoms with Crippen LogP contribution in [0.3, 0.4) is 0 Å². The molecular weight excluding hydrogens is 342 g/mol. The molecule has 0 spiro atoms. The summed E-state index contributed by atoms with van der Waals surface area (Å²) >= 11 is 0. The fourth-order valence-corrected chi connectivity index (χ4v) is 2.90. The summed E-state index contributed by atoms with van der Waals surface area (Å²) in [5.41, 5.74) is 2.42. The van der Waals surface area contributed by atoms with Crippen molar-refractivity contribution in [2.75, 3.05) is 26.4 Å². The van der Waals surface area contributed by atoms with Gasteiger partial charge < -0.3 is 25.2 Å². The number of aromatic hydroxyl groups is 1. The molecule has 0 atom stereocenters. The number of aliphatic imine (C=N–C) groups is 1. The molecule has 0 unspecified atom stereocenters. The number of aryl methyl sites for hydroxylation is 1. The largest absolute Gasteiger partial charge is 0.508 e. The molecule has 6 heteroatoms. The van der Waals surface area contributed by atoms with E-state index in [-0.39, 0.29) is 0 Å². The van der Waals surface area contributed by atoms with E-state index >= 15 is 0 Å². The highest BCUT2D eigenvalue weighted by atomic mass is 16.7. The van der Waals surface area contributed by atoms with Crippen molar-refractivity contribution >= 4 is 5.96 Å². The Labute approximate surface area is 160 Å². The van der Waals surface area contributed by atoms with Gasteiger partial charge in [-0.3, -0.25) is 4.99 Å². The van der Waals surface area contributed by atoms with Gasteiger partial charge in [-0.15, -0.1) is 0 Å². The van der Waals surface area contributed by atoms with Gasteiger partial charge in [0, 0.05) is 19.6 Å². The van der Waals surface area contributed by atoms with Gasteiger partial charge in [0.15, 0.2) is 17.5 Å². The van der Waals surface area contributed by atoms with Gasteiger partial charge in [0.2, 0.25) is 6.79 Å². The van der Waals surface area contributed by atoms with Crippen molar-refractivity contribution in [2.45, 2.75) is 26.2 Å². The first-order valence-corrected chi connectivity index (χ1v) is 9.43. The van der Waals surface area contributed by atoms with Crippen LogP contribution in [0.2, 0.25) is 0 Å². The van der Waals surface area contributed by atoms with Crippen LogP contribution in [0.5, 0.6) is 17.2 Å². The van der Waals surface area contributed by atoms with E-state index < -0.39 is 0 Å². The second kappa shape index (κ2) is 9.71. The summed E-state index contributed by atoms with van der Waals surface area (Å²) in [4.78, 5) is 4.64. The number of benzene rings is 2. The van der Waals surface area contributed by atoms with Gasteiger partial charge in [0.25, 0.3) is 0 Å². The summed E-state index contributed by atoms with van der Waals surface area (Å²) in [5.74, 6) is 2.78. The Bertz CT molecular complexity index is 760. The van der Waals surface area contributed by atoms with Crippen molar-refractivity contribution in [3.05, 3.63) is 53.6 Å². The lowest BCUT2D eigenvalue weighted by atomic mass is 10.1. The van der Waals surface area contributed by atoms with Gasteiger partial charge in [0.05, 0.1) is 0 Å². The van der Waals surface area contributed by atoms with Crippen LogP contribution in [0, 0.1) is 0 Å². The van der Waals surface area contributed by atoms with Crippen molar-refractivity contribution in [1.29, 1.82) is 0 Å². The van der Waals surface area contributed by atoms with Crippen LogP contribution >= 0.6 is 0 Å². The van der Waals surface area contributed by atoms with Gasteiger partial charge >= 0.3 is 0 Å². The van der Waals surface area contributed by atoms with Crippen LogP contribution < -0.4 is 20.1 Å². The zero-order valence-electron chi connectivity index (χ0n) is 15.7. The Kier molecular flexibility index (Phi) is 6.79. The second-order valence-corrected chi connectivity index (χ2v) is 6.40. The van der Waals surface area contributed by atoms with Crippen LogP contribution in [0.4, 0.5) is 0 Å². The number of rotatable bonds is 8. The van der Waals surface area contributed by atoms with E-state index in [1.54, 1.807) is 12.1 Å². The van der Waals surface area contributed by atoms with Gasteiger partial charge in [-0.25, -0.2) is 0 Å². The van der Waals surface area contributed by atoms with Gasteiger partial charge in [-0.05, 0) is 61.6 Å². The number of phenols is 1. The number of hydrogen-bond donors (Lipinski definition) is 3. The van der Waals surface area contributed by atoms with Crippen molar-refractivity contribution in [1.82, 2.24) is 10.6 Å². The SMILES string of the molecule is CCNC(=NCCCc1ccc(O)cc1)NCCc1ccc2c(c1)OCO2. The third-order valence-electron chi connectivity index (χ3n) is 4.32. The minimum atomic E-state index is 0.304. The van der Waals surface area contributed by atoms with E-state index in [1.807, 2.05) is 24.3 Å². The Morgan fingerprint density at radius 2 is 1.78 bits per heavy atom. The first-order valence-electron chi connectivity index (χ1n) is 9.43. The minimum Gasteiger partial charge on any atom is -0.508 e. The molecule has 1 heterocycles. The lowest BCUT2D eigenvalue weighted by molar-refractivity contribution is 0.174. The second-order valence-electron chi connectivity index (χ2n) is 6.40. The average molecular weight is 369 g/mol. The summed E-state index contributed by atoms with van der Waals surface area (Å²) in [6.07, 6.45) is 2.79. The fraction of sp³-hybridized carbons (Fsp3) is 0.381. The van der Waals surface area contributed by atoms with Crippen molar-refractivity contribution in [3.8, 4) is 17.2 Å². The molecule has 3 N–H and O–H groups in total. The lowest BCUT2D eigenvalue weighted by Crippen LogP contribution is -2.38. The average Bonchev–Trinajstić information content (AvgIpc) is 3.14. The predicted octanol–water partition coefficient (Wildman–Crippen LogP) is 2.85. The Morgan fingerprint density at radius 1 is 1.00 bits per heavy atom.